The van der Waals surface area contributed by atoms with E-state index in [2.05, 4.69) is 0 Å². The van der Waals surface area contributed by atoms with Crippen molar-refractivity contribution in [3.63, 3.8) is 0 Å². The minimum atomic E-state index is -1.12. The molecule has 0 aliphatic carbocycles. The van der Waals surface area contributed by atoms with Crippen LogP contribution in [0.4, 0.5) is 0 Å². The summed E-state index contributed by atoms with van der Waals surface area (Å²) in [7, 11) is 0. The summed E-state index contributed by atoms with van der Waals surface area (Å²) in [6.07, 6.45) is -4.05. The lowest BCUT2D eigenvalue weighted by Gasteiger charge is -2.18. The van der Waals surface area contributed by atoms with E-state index in [1.165, 1.54) is 0 Å². The molecule has 5 nitrogen and oxygen atoms in total. The second kappa shape index (κ2) is 3.46. The number of hydrogen-bond acceptors (Lipinski definition) is 5. The van der Waals surface area contributed by atoms with E-state index in [9.17, 15) is 0 Å². The second-order valence-electron chi connectivity index (χ2n) is 2.61. The van der Waals surface area contributed by atoms with Gasteiger partial charge < -0.3 is 25.2 Å². The fourth-order valence-corrected chi connectivity index (χ4v) is 1.07. The zero-order valence-corrected chi connectivity index (χ0v) is 5.92. The number of aliphatic hydroxyl groups excluding tert-OH is 4. The predicted octanol–water partition coefficient (Wildman–Crippen LogP) is -2.54. The van der Waals surface area contributed by atoms with Gasteiger partial charge in [0.15, 0.2) is 0 Å². The zero-order valence-electron chi connectivity index (χ0n) is 5.92. The Kier molecular flexibility index (Phi) is 2.80. The van der Waals surface area contributed by atoms with E-state index < -0.39 is 31.0 Å². The molecule has 0 saturated carbocycles. The third-order valence-corrected chi connectivity index (χ3v) is 1.76. The van der Waals surface area contributed by atoms with Crippen molar-refractivity contribution in [1.29, 1.82) is 0 Å². The minimum absolute atomic E-state index is 0.00287. The topological polar surface area (TPSA) is 90.2 Å². The van der Waals surface area contributed by atoms with Crippen LogP contribution in [0.5, 0.6) is 0 Å². The van der Waals surface area contributed by atoms with Crippen molar-refractivity contribution in [3.8, 4) is 0 Å². The largest absolute Gasteiger partial charge is 0.394 e. The van der Waals surface area contributed by atoms with Gasteiger partial charge in [-0.1, -0.05) is 0 Å². The van der Waals surface area contributed by atoms with Gasteiger partial charge in [-0.05, 0) is 0 Å². The molecule has 0 aromatic heterocycles. The molecule has 1 aliphatic heterocycles. The van der Waals surface area contributed by atoms with Gasteiger partial charge in [0.25, 0.3) is 0 Å². The zero-order chi connectivity index (χ0) is 8.43. The third kappa shape index (κ3) is 1.69. The van der Waals surface area contributed by atoms with E-state index in [1.807, 2.05) is 0 Å². The van der Waals surface area contributed by atoms with Gasteiger partial charge in [-0.2, -0.15) is 0 Å². The first-order chi connectivity index (χ1) is 5.16. The van der Waals surface area contributed by atoms with Gasteiger partial charge in [-0.25, -0.2) is 0 Å². The molecule has 1 saturated heterocycles. The van der Waals surface area contributed by atoms with Gasteiger partial charge in [0, 0.05) is 0 Å². The molecule has 0 spiro atoms. The van der Waals surface area contributed by atoms with Crippen LogP contribution in [0, 0.1) is 0 Å². The van der Waals surface area contributed by atoms with E-state index in [-0.39, 0.29) is 6.61 Å². The predicted molar refractivity (Wildman–Crippen MR) is 34.8 cm³/mol. The van der Waals surface area contributed by atoms with Crippen molar-refractivity contribution in [2.75, 3.05) is 13.2 Å². The highest BCUT2D eigenvalue weighted by Crippen LogP contribution is 2.16. The molecule has 5 heteroatoms. The first kappa shape index (κ1) is 8.89. The number of rotatable bonds is 2. The van der Waals surface area contributed by atoms with Crippen molar-refractivity contribution in [2.24, 2.45) is 0 Å². The van der Waals surface area contributed by atoms with E-state index in [1.54, 1.807) is 0 Å². The van der Waals surface area contributed by atoms with Crippen molar-refractivity contribution in [2.45, 2.75) is 24.4 Å². The highest BCUT2D eigenvalue weighted by Gasteiger charge is 2.38. The molecule has 1 fully saturated rings. The SMILES string of the molecule is OCC(O)[C@H]1OC[C@H](O)[C@@H]1O. The van der Waals surface area contributed by atoms with Gasteiger partial charge in [0.2, 0.25) is 0 Å². The Morgan fingerprint density at radius 3 is 2.45 bits per heavy atom. The van der Waals surface area contributed by atoms with E-state index in [0.717, 1.165) is 0 Å². The Morgan fingerprint density at radius 2 is 2.09 bits per heavy atom. The first-order valence-electron chi connectivity index (χ1n) is 3.43. The summed E-state index contributed by atoms with van der Waals surface area (Å²) in [4.78, 5) is 0. The summed E-state index contributed by atoms with van der Waals surface area (Å²) in [5, 5.41) is 35.5. The van der Waals surface area contributed by atoms with Gasteiger partial charge in [-0.3, -0.25) is 0 Å². The van der Waals surface area contributed by atoms with Crippen LogP contribution in [0.25, 0.3) is 0 Å². The lowest BCUT2D eigenvalue weighted by atomic mass is 10.1. The average molecular weight is 164 g/mol. The third-order valence-electron chi connectivity index (χ3n) is 1.76. The minimum Gasteiger partial charge on any atom is -0.394 e. The van der Waals surface area contributed by atoms with Gasteiger partial charge in [0.05, 0.1) is 13.2 Å². The number of hydrogen-bond donors (Lipinski definition) is 4. The van der Waals surface area contributed by atoms with Gasteiger partial charge in [-0.15, -0.1) is 0 Å². The lowest BCUT2D eigenvalue weighted by Crippen LogP contribution is -2.40. The molecule has 1 rings (SSSR count). The van der Waals surface area contributed by atoms with Crippen molar-refractivity contribution in [3.05, 3.63) is 0 Å². The fourth-order valence-electron chi connectivity index (χ4n) is 1.07. The Balaban J connectivity index is 2.47. The molecule has 11 heavy (non-hydrogen) atoms. The smallest absolute Gasteiger partial charge is 0.114 e. The van der Waals surface area contributed by atoms with Crippen LogP contribution in [0.15, 0.2) is 0 Å². The molecule has 1 aliphatic rings. The Morgan fingerprint density at radius 1 is 1.45 bits per heavy atom. The molecule has 66 valence electrons. The highest BCUT2D eigenvalue weighted by molar-refractivity contribution is 4.87. The molecule has 0 aromatic rings. The molecule has 0 radical (unpaired) electrons. The van der Waals surface area contributed by atoms with Crippen LogP contribution in [0.2, 0.25) is 0 Å². The van der Waals surface area contributed by atoms with Crippen LogP contribution in [-0.2, 0) is 4.74 Å². The van der Waals surface area contributed by atoms with Crippen LogP contribution in [0.3, 0.4) is 0 Å². The molecular formula is C6H12O5. The van der Waals surface area contributed by atoms with Gasteiger partial charge in [0.1, 0.15) is 24.4 Å². The number of ether oxygens (including phenoxy) is 1. The summed E-state index contributed by atoms with van der Waals surface area (Å²) in [6.45, 7) is -0.475. The molecule has 4 N–H and O–H groups in total. The monoisotopic (exact) mass is 164 g/mol. The molecular weight excluding hydrogens is 152 g/mol. The maximum Gasteiger partial charge on any atom is 0.114 e. The highest BCUT2D eigenvalue weighted by atomic mass is 16.5. The van der Waals surface area contributed by atoms with E-state index in [0.29, 0.717) is 0 Å². The van der Waals surface area contributed by atoms with Crippen LogP contribution in [0.1, 0.15) is 0 Å². The first-order valence-corrected chi connectivity index (χ1v) is 3.43. The van der Waals surface area contributed by atoms with E-state index in [4.69, 9.17) is 25.2 Å². The Bertz CT molecular complexity index is 128. The summed E-state index contributed by atoms with van der Waals surface area (Å²) in [5.41, 5.74) is 0. The van der Waals surface area contributed by atoms with Crippen LogP contribution in [-0.4, -0.2) is 58.1 Å². The second-order valence-corrected chi connectivity index (χ2v) is 2.61. The quantitative estimate of drug-likeness (QED) is 0.361. The summed E-state index contributed by atoms with van der Waals surface area (Å²) in [5.74, 6) is 0. The van der Waals surface area contributed by atoms with Crippen LogP contribution < -0.4 is 0 Å². The molecule has 4 atom stereocenters. The molecule has 1 unspecified atom stereocenters. The van der Waals surface area contributed by atoms with Crippen LogP contribution >= 0.6 is 0 Å². The maximum absolute atomic E-state index is 9.11. The fraction of sp³-hybridized carbons (Fsp3) is 1.00. The standard InChI is InChI=1S/C6H12O5/c7-1-3(8)6-5(10)4(9)2-11-6/h3-10H,1-2H2/t3?,4-,5-,6+/m0/s1. The normalized spacial score (nSPS) is 40.9. The molecule has 0 bridgehead atoms. The summed E-state index contributed by atoms with van der Waals surface area (Å²) in [6, 6.07) is 0. The Hall–Kier alpha value is -0.200. The molecule has 0 amide bonds. The number of aliphatic hydroxyl groups is 4. The van der Waals surface area contributed by atoms with Crippen molar-refractivity contribution >= 4 is 0 Å². The molecule has 1 heterocycles. The molecule has 0 aromatic carbocycles. The lowest BCUT2D eigenvalue weighted by molar-refractivity contribution is -0.0684. The maximum atomic E-state index is 9.11. The average Bonchev–Trinajstić information content (AvgIpc) is 2.32. The van der Waals surface area contributed by atoms with Crippen molar-refractivity contribution < 1.29 is 25.2 Å². The van der Waals surface area contributed by atoms with Gasteiger partial charge >= 0.3 is 0 Å². The van der Waals surface area contributed by atoms with Crippen molar-refractivity contribution in [1.82, 2.24) is 0 Å². The Labute approximate surface area is 63.8 Å². The van der Waals surface area contributed by atoms with E-state index >= 15 is 0 Å². The summed E-state index contributed by atoms with van der Waals surface area (Å²) < 4.78 is 4.82. The summed E-state index contributed by atoms with van der Waals surface area (Å²) >= 11 is 0.